The molecule has 4 nitrogen and oxygen atoms in total. The average Bonchev–Trinajstić information content (AvgIpc) is 2.73. The highest BCUT2D eigenvalue weighted by molar-refractivity contribution is 7.71. The van der Waals surface area contributed by atoms with Crippen molar-refractivity contribution in [2.24, 2.45) is 5.92 Å². The largest absolute Gasteiger partial charge is 0.242 e. The lowest BCUT2D eigenvalue weighted by Gasteiger charge is -1.96. The Hall–Kier alpha value is -0.710. The highest BCUT2D eigenvalue weighted by atomic mass is 32.1. The smallest absolute Gasteiger partial charge is 0.238 e. The Labute approximate surface area is 69.6 Å². The van der Waals surface area contributed by atoms with Gasteiger partial charge in [-0.25, -0.2) is 4.68 Å². The number of nitrogens with one attached hydrogen (secondary N) is 1. The molecule has 0 radical (unpaired) electrons. The molecule has 1 aromatic rings. The zero-order valence-corrected chi connectivity index (χ0v) is 6.97. The molecule has 1 saturated carbocycles. The summed E-state index contributed by atoms with van der Waals surface area (Å²) in [6, 6.07) is 0. The van der Waals surface area contributed by atoms with Gasteiger partial charge in [-0.15, -0.1) is 0 Å². The molecule has 1 aliphatic carbocycles. The fourth-order valence-corrected chi connectivity index (χ4v) is 1.25. The van der Waals surface area contributed by atoms with E-state index in [9.17, 15) is 0 Å². The second-order valence-corrected chi connectivity index (χ2v) is 3.33. The van der Waals surface area contributed by atoms with Crippen molar-refractivity contribution in [3.8, 4) is 0 Å². The van der Waals surface area contributed by atoms with Crippen molar-refractivity contribution >= 4 is 12.2 Å². The Morgan fingerprint density at radius 1 is 1.64 bits per heavy atom. The van der Waals surface area contributed by atoms with E-state index in [0.717, 1.165) is 12.5 Å². The molecule has 0 amide bonds. The van der Waals surface area contributed by atoms with Gasteiger partial charge in [0, 0.05) is 6.54 Å². The zero-order valence-electron chi connectivity index (χ0n) is 6.16. The molecule has 0 bridgehead atoms. The third-order valence-electron chi connectivity index (χ3n) is 1.99. The van der Waals surface area contributed by atoms with Crippen molar-refractivity contribution in [2.75, 3.05) is 0 Å². The van der Waals surface area contributed by atoms with Crippen molar-refractivity contribution in [3.63, 3.8) is 0 Å². The van der Waals surface area contributed by atoms with Gasteiger partial charge in [-0.1, -0.05) is 23.2 Å². The standard InChI is InChI=1S/C6H10N4S/c11-6-7-8-9-10(6)4-3-5-1-2-5/h5H,1-4H2,(H,7,9,11). The van der Waals surface area contributed by atoms with E-state index in [-0.39, 0.29) is 0 Å². The normalized spacial score (nSPS) is 17.1. The molecule has 1 fully saturated rings. The van der Waals surface area contributed by atoms with Gasteiger partial charge in [-0.05, 0) is 24.6 Å². The van der Waals surface area contributed by atoms with Crippen LogP contribution in [-0.2, 0) is 6.54 Å². The van der Waals surface area contributed by atoms with Gasteiger partial charge in [0.2, 0.25) is 4.77 Å². The van der Waals surface area contributed by atoms with Gasteiger partial charge in [-0.3, -0.25) is 0 Å². The molecule has 1 N–H and O–H groups in total. The van der Waals surface area contributed by atoms with Gasteiger partial charge < -0.3 is 0 Å². The van der Waals surface area contributed by atoms with Crippen LogP contribution >= 0.6 is 12.2 Å². The summed E-state index contributed by atoms with van der Waals surface area (Å²) in [6.07, 6.45) is 3.97. The van der Waals surface area contributed by atoms with Crippen molar-refractivity contribution in [3.05, 3.63) is 4.77 Å². The maximum Gasteiger partial charge on any atom is 0.238 e. The summed E-state index contributed by atoms with van der Waals surface area (Å²) in [6.45, 7) is 0.941. The Morgan fingerprint density at radius 3 is 3.00 bits per heavy atom. The van der Waals surface area contributed by atoms with Gasteiger partial charge in [0.1, 0.15) is 0 Å². The van der Waals surface area contributed by atoms with E-state index < -0.39 is 0 Å². The number of rotatable bonds is 3. The monoisotopic (exact) mass is 170 g/mol. The predicted molar refractivity (Wildman–Crippen MR) is 42.5 cm³/mol. The highest BCUT2D eigenvalue weighted by Crippen LogP contribution is 2.32. The van der Waals surface area contributed by atoms with E-state index in [1.54, 1.807) is 0 Å². The third-order valence-corrected chi connectivity index (χ3v) is 2.29. The first-order valence-electron chi connectivity index (χ1n) is 3.84. The molecule has 11 heavy (non-hydrogen) atoms. The van der Waals surface area contributed by atoms with Gasteiger partial charge >= 0.3 is 0 Å². The number of H-pyrrole nitrogens is 1. The SMILES string of the molecule is S=c1nn[nH]n1CCC1CC1. The van der Waals surface area contributed by atoms with Crippen LogP contribution in [0.15, 0.2) is 0 Å². The zero-order chi connectivity index (χ0) is 7.68. The number of aromatic amines is 1. The van der Waals surface area contributed by atoms with Crippen LogP contribution in [-0.4, -0.2) is 20.2 Å². The number of hydrogen-bond donors (Lipinski definition) is 1. The van der Waals surface area contributed by atoms with Crippen molar-refractivity contribution in [1.82, 2.24) is 20.2 Å². The van der Waals surface area contributed by atoms with Crippen molar-refractivity contribution in [2.45, 2.75) is 25.8 Å². The number of tetrazole rings is 1. The second-order valence-electron chi connectivity index (χ2n) is 2.97. The quantitative estimate of drug-likeness (QED) is 0.692. The van der Waals surface area contributed by atoms with Gasteiger partial charge in [-0.2, -0.15) is 5.21 Å². The molecule has 2 rings (SSSR count). The summed E-state index contributed by atoms with van der Waals surface area (Å²) in [5.74, 6) is 0.931. The summed E-state index contributed by atoms with van der Waals surface area (Å²) in [5, 5.41) is 10.0. The first-order valence-corrected chi connectivity index (χ1v) is 4.25. The number of aromatic nitrogens is 4. The molecule has 1 aromatic heterocycles. The van der Waals surface area contributed by atoms with E-state index in [1.807, 2.05) is 4.68 Å². The summed E-state index contributed by atoms with van der Waals surface area (Å²) >= 11 is 4.92. The molecule has 0 aromatic carbocycles. The minimum atomic E-state index is 0.561. The van der Waals surface area contributed by atoms with Crippen LogP contribution in [0.4, 0.5) is 0 Å². The minimum absolute atomic E-state index is 0.561. The second kappa shape index (κ2) is 2.73. The fraction of sp³-hybridized carbons (Fsp3) is 0.833. The van der Waals surface area contributed by atoms with Crippen molar-refractivity contribution in [1.29, 1.82) is 0 Å². The first-order chi connectivity index (χ1) is 5.36. The van der Waals surface area contributed by atoms with E-state index >= 15 is 0 Å². The molecule has 0 aliphatic heterocycles. The van der Waals surface area contributed by atoms with Crippen LogP contribution in [0.2, 0.25) is 0 Å². The summed E-state index contributed by atoms with van der Waals surface area (Å²) < 4.78 is 2.37. The lowest BCUT2D eigenvalue weighted by Crippen LogP contribution is -2.00. The van der Waals surface area contributed by atoms with Gasteiger partial charge in [0.05, 0.1) is 0 Å². The lowest BCUT2D eigenvalue weighted by molar-refractivity contribution is 0.526. The molecule has 1 heterocycles. The van der Waals surface area contributed by atoms with Crippen LogP contribution < -0.4 is 0 Å². The molecule has 0 atom stereocenters. The highest BCUT2D eigenvalue weighted by Gasteiger charge is 2.20. The minimum Gasteiger partial charge on any atom is -0.242 e. The first kappa shape index (κ1) is 6.97. The third kappa shape index (κ3) is 1.65. The van der Waals surface area contributed by atoms with Crippen LogP contribution in [0.5, 0.6) is 0 Å². The number of aryl methyl sites for hydroxylation is 1. The molecular weight excluding hydrogens is 160 g/mol. The van der Waals surface area contributed by atoms with E-state index in [1.165, 1.54) is 19.3 Å². The number of nitrogens with zero attached hydrogens (tertiary/aromatic N) is 3. The summed E-state index contributed by atoms with van der Waals surface area (Å²) in [7, 11) is 0. The van der Waals surface area contributed by atoms with Crippen molar-refractivity contribution < 1.29 is 0 Å². The van der Waals surface area contributed by atoms with E-state index in [2.05, 4.69) is 15.5 Å². The predicted octanol–water partition coefficient (Wildman–Crippen LogP) is 1.14. The van der Waals surface area contributed by atoms with E-state index in [0.29, 0.717) is 4.77 Å². The Morgan fingerprint density at radius 2 is 2.45 bits per heavy atom. The van der Waals surface area contributed by atoms with Crippen LogP contribution in [0, 0.1) is 10.7 Å². The molecule has 0 spiro atoms. The molecule has 60 valence electrons. The molecule has 5 heteroatoms. The van der Waals surface area contributed by atoms with Crippen LogP contribution in [0.1, 0.15) is 19.3 Å². The Bertz CT molecular complexity index is 285. The summed E-state index contributed by atoms with van der Waals surface area (Å²) in [5.41, 5.74) is 0. The van der Waals surface area contributed by atoms with Gasteiger partial charge in [0.15, 0.2) is 0 Å². The number of hydrogen-bond acceptors (Lipinski definition) is 3. The topological polar surface area (TPSA) is 46.5 Å². The molecule has 0 unspecified atom stereocenters. The molecule has 1 aliphatic rings. The molecule has 0 saturated heterocycles. The van der Waals surface area contributed by atoms with Gasteiger partial charge in [0.25, 0.3) is 0 Å². The Kier molecular flexibility index (Phi) is 1.73. The fourth-order valence-electron chi connectivity index (χ4n) is 1.08. The van der Waals surface area contributed by atoms with Crippen LogP contribution in [0.25, 0.3) is 0 Å². The maximum absolute atomic E-state index is 4.92. The average molecular weight is 170 g/mol. The lowest BCUT2D eigenvalue weighted by atomic mass is 10.3. The van der Waals surface area contributed by atoms with E-state index in [4.69, 9.17) is 12.2 Å². The van der Waals surface area contributed by atoms with Crippen LogP contribution in [0.3, 0.4) is 0 Å². The molecular formula is C6H10N4S. The summed E-state index contributed by atoms with van der Waals surface area (Å²) in [4.78, 5) is 0. The maximum atomic E-state index is 4.92. The Balaban J connectivity index is 1.94.